The molecule has 14 heteroatoms. The van der Waals surface area contributed by atoms with Gasteiger partial charge in [0.25, 0.3) is 0 Å². The van der Waals surface area contributed by atoms with Crippen molar-refractivity contribution in [1.82, 2.24) is 0 Å². The van der Waals surface area contributed by atoms with Crippen LogP contribution in [0.3, 0.4) is 0 Å². The molecule has 0 saturated heterocycles. The Bertz CT molecular complexity index is 1310. The summed E-state index contributed by atoms with van der Waals surface area (Å²) in [6.45, 7) is 3.14. The normalized spacial score (nSPS) is 23.1. The summed E-state index contributed by atoms with van der Waals surface area (Å²) in [7, 11) is -5.14. The standard InChI is InChI=1S/C45H75O13P/c1-3-5-7-9-11-13-15-17-18-19-20-22-23-25-27-29-31-33-38(46)55-35-37(36-56-59(53,54)58-45-43(51)41(49)40(48)42(50)44(45)52)57-39(47)34-32-30-28-26-24-21-16-14-12-10-8-6-4-2/h11,13,17-18,20-22,24-25,27-28,30,37,40-45,48-52H,3-10,12,14-16,19,23,26,29,31-36H2,1-2H3,(H,53,54)/b13-11+,18-17+,22-20+,24-21+,27-25+,30-28+/t37?,40?,41-,42?,43?,44?,45?/m0/s1. The lowest BCUT2D eigenvalue weighted by Gasteiger charge is -2.41. The summed E-state index contributed by atoms with van der Waals surface area (Å²) < 4.78 is 33.3. The van der Waals surface area contributed by atoms with Gasteiger partial charge in [-0.2, -0.15) is 0 Å². The van der Waals surface area contributed by atoms with Gasteiger partial charge < -0.3 is 39.9 Å². The number of allylic oxidation sites excluding steroid dienone is 12. The van der Waals surface area contributed by atoms with Gasteiger partial charge in [0.2, 0.25) is 0 Å². The molecule has 1 aliphatic rings. The largest absolute Gasteiger partial charge is 0.472 e. The summed E-state index contributed by atoms with van der Waals surface area (Å²) in [4.78, 5) is 35.5. The minimum atomic E-state index is -5.14. The zero-order valence-corrected chi connectivity index (χ0v) is 36.4. The number of ether oxygens (including phenoxy) is 2. The molecule has 0 spiro atoms. The van der Waals surface area contributed by atoms with Gasteiger partial charge >= 0.3 is 19.8 Å². The predicted octanol–water partition coefficient (Wildman–Crippen LogP) is 7.94. The Labute approximate surface area is 353 Å². The van der Waals surface area contributed by atoms with Crippen molar-refractivity contribution in [2.75, 3.05) is 13.2 Å². The van der Waals surface area contributed by atoms with Gasteiger partial charge in [-0.1, -0.05) is 132 Å². The number of phosphoric ester groups is 1. The summed E-state index contributed by atoms with van der Waals surface area (Å²) in [6.07, 6.45) is 29.9. The van der Waals surface area contributed by atoms with E-state index in [2.05, 4.69) is 62.5 Å². The monoisotopic (exact) mass is 854 g/mol. The first-order chi connectivity index (χ1) is 28.4. The second-order valence-corrected chi connectivity index (χ2v) is 16.2. The molecule has 1 rings (SSSR count). The minimum Gasteiger partial charge on any atom is -0.462 e. The molecule has 0 aromatic heterocycles. The maximum Gasteiger partial charge on any atom is 0.472 e. The maximum atomic E-state index is 12.8. The van der Waals surface area contributed by atoms with Crippen molar-refractivity contribution in [2.45, 2.75) is 185 Å². The van der Waals surface area contributed by atoms with E-state index in [1.807, 2.05) is 24.3 Å². The number of phosphoric acid groups is 1. The Morgan fingerprint density at radius 3 is 1.49 bits per heavy atom. The van der Waals surface area contributed by atoms with Crippen LogP contribution < -0.4 is 0 Å². The molecule has 59 heavy (non-hydrogen) atoms. The summed E-state index contributed by atoms with van der Waals surface area (Å²) in [5, 5.41) is 50.0. The number of carbonyl (C=O) groups is 2. The van der Waals surface area contributed by atoms with E-state index in [1.54, 1.807) is 0 Å². The van der Waals surface area contributed by atoms with Gasteiger partial charge in [-0.3, -0.25) is 18.6 Å². The molecule has 1 fully saturated rings. The van der Waals surface area contributed by atoms with Crippen LogP contribution in [0.5, 0.6) is 0 Å². The zero-order valence-electron chi connectivity index (χ0n) is 35.5. The summed E-state index contributed by atoms with van der Waals surface area (Å²) in [6, 6.07) is 0. The van der Waals surface area contributed by atoms with Crippen molar-refractivity contribution in [3.8, 4) is 0 Å². The van der Waals surface area contributed by atoms with E-state index in [0.29, 0.717) is 19.3 Å². The van der Waals surface area contributed by atoms with Crippen LogP contribution in [0.25, 0.3) is 0 Å². The third-order valence-electron chi connectivity index (χ3n) is 9.53. The van der Waals surface area contributed by atoms with Gasteiger partial charge in [-0.25, -0.2) is 4.57 Å². The second-order valence-electron chi connectivity index (χ2n) is 14.8. The molecular formula is C45H75O13P. The lowest BCUT2D eigenvalue weighted by molar-refractivity contribution is -0.220. The number of rotatable bonds is 34. The van der Waals surface area contributed by atoms with E-state index >= 15 is 0 Å². The van der Waals surface area contributed by atoms with Gasteiger partial charge in [0.15, 0.2) is 6.10 Å². The topological polar surface area (TPSA) is 210 Å². The van der Waals surface area contributed by atoms with Crippen LogP contribution in [0.4, 0.5) is 0 Å². The number of unbranched alkanes of at least 4 members (excludes halogenated alkanes) is 10. The van der Waals surface area contributed by atoms with Crippen molar-refractivity contribution >= 4 is 19.8 Å². The van der Waals surface area contributed by atoms with Crippen LogP contribution in [-0.2, 0) is 32.7 Å². The first kappa shape index (κ1) is 54.3. The number of aliphatic hydroxyl groups is 5. The van der Waals surface area contributed by atoms with Crippen LogP contribution >= 0.6 is 7.82 Å². The minimum absolute atomic E-state index is 0.0245. The highest BCUT2D eigenvalue weighted by Crippen LogP contribution is 2.47. The number of carbonyl (C=O) groups excluding carboxylic acids is 2. The molecule has 1 aliphatic carbocycles. The average molecular weight is 855 g/mol. The smallest absolute Gasteiger partial charge is 0.462 e. The molecule has 0 bridgehead atoms. The number of esters is 2. The number of hydrogen-bond acceptors (Lipinski definition) is 12. The Kier molecular flexibility index (Phi) is 32.2. The van der Waals surface area contributed by atoms with E-state index in [9.17, 15) is 44.6 Å². The first-order valence-corrected chi connectivity index (χ1v) is 23.2. The molecule has 6 N–H and O–H groups in total. The molecule has 0 radical (unpaired) electrons. The fourth-order valence-corrected chi connectivity index (χ4v) is 6.95. The third kappa shape index (κ3) is 27.7. The van der Waals surface area contributed by atoms with Gasteiger partial charge in [-0.05, 0) is 70.6 Å². The number of hydrogen-bond donors (Lipinski definition) is 6. The van der Waals surface area contributed by atoms with Crippen molar-refractivity contribution in [3.05, 3.63) is 72.9 Å². The van der Waals surface area contributed by atoms with Crippen molar-refractivity contribution in [3.63, 3.8) is 0 Å². The van der Waals surface area contributed by atoms with E-state index in [1.165, 1.54) is 57.8 Å². The molecule has 8 atom stereocenters. The van der Waals surface area contributed by atoms with Crippen LogP contribution in [0, 0.1) is 0 Å². The van der Waals surface area contributed by atoms with E-state index in [-0.39, 0.29) is 12.8 Å². The van der Waals surface area contributed by atoms with Crippen LogP contribution in [-0.4, -0.2) is 98.3 Å². The zero-order chi connectivity index (χ0) is 43.6. The molecule has 0 amide bonds. The average Bonchev–Trinajstić information content (AvgIpc) is 3.21. The van der Waals surface area contributed by atoms with Crippen molar-refractivity contribution in [2.24, 2.45) is 0 Å². The molecule has 0 aliphatic heterocycles. The van der Waals surface area contributed by atoms with Gasteiger partial charge in [0.05, 0.1) is 6.61 Å². The fraction of sp³-hybridized carbons (Fsp3) is 0.689. The predicted molar refractivity (Wildman–Crippen MR) is 230 cm³/mol. The highest BCUT2D eigenvalue weighted by atomic mass is 31.2. The second kappa shape index (κ2) is 34.9. The number of aliphatic hydroxyl groups excluding tert-OH is 5. The maximum absolute atomic E-state index is 12.8. The summed E-state index contributed by atoms with van der Waals surface area (Å²) >= 11 is 0. The Morgan fingerprint density at radius 2 is 0.949 bits per heavy atom. The fourth-order valence-electron chi connectivity index (χ4n) is 5.98. The van der Waals surface area contributed by atoms with Crippen molar-refractivity contribution in [1.29, 1.82) is 0 Å². The van der Waals surface area contributed by atoms with E-state index in [4.69, 9.17) is 18.5 Å². The summed E-state index contributed by atoms with van der Waals surface area (Å²) in [5.41, 5.74) is 0. The first-order valence-electron chi connectivity index (χ1n) is 21.7. The molecule has 338 valence electrons. The molecule has 0 aromatic rings. The van der Waals surface area contributed by atoms with Gasteiger partial charge in [-0.15, -0.1) is 0 Å². The third-order valence-corrected chi connectivity index (χ3v) is 10.5. The van der Waals surface area contributed by atoms with E-state index in [0.717, 1.165) is 38.5 Å². The highest BCUT2D eigenvalue weighted by Gasteiger charge is 2.51. The lowest BCUT2D eigenvalue weighted by Crippen LogP contribution is -2.64. The van der Waals surface area contributed by atoms with Crippen molar-refractivity contribution < 1.29 is 63.1 Å². The SMILES string of the molecule is CCCCC/C=C/C/C=C/C/C=C/C/C=C/CCCC(=O)OCC(COP(=O)(O)OC1C(O)C(O)C(O)[C@H](O)C1O)OC(=O)CC/C=C/C/C=C/CCCCCCCC. The van der Waals surface area contributed by atoms with E-state index < -0.39 is 75.7 Å². The Balaban J connectivity index is 2.57. The molecule has 7 unspecified atom stereocenters. The quantitative estimate of drug-likeness (QED) is 0.0157. The lowest BCUT2D eigenvalue weighted by atomic mass is 9.85. The Morgan fingerprint density at radius 1 is 0.525 bits per heavy atom. The molecule has 13 nitrogen and oxygen atoms in total. The molecule has 1 saturated carbocycles. The van der Waals surface area contributed by atoms with Gasteiger partial charge in [0, 0.05) is 12.8 Å². The van der Waals surface area contributed by atoms with Gasteiger partial charge in [0.1, 0.15) is 43.2 Å². The molecule has 0 aromatic carbocycles. The van der Waals surface area contributed by atoms with Crippen LogP contribution in [0.2, 0.25) is 0 Å². The Hall–Kier alpha value is -2.71. The highest BCUT2D eigenvalue weighted by molar-refractivity contribution is 7.47. The van der Waals surface area contributed by atoms with Crippen LogP contribution in [0.1, 0.15) is 142 Å². The molecule has 0 heterocycles. The molecular weight excluding hydrogens is 779 g/mol. The summed E-state index contributed by atoms with van der Waals surface area (Å²) in [5.74, 6) is -1.25. The van der Waals surface area contributed by atoms with Crippen LogP contribution in [0.15, 0.2) is 72.9 Å².